The summed E-state index contributed by atoms with van der Waals surface area (Å²) < 4.78 is 1.08. The monoisotopic (exact) mass is 421 g/mol. The van der Waals surface area contributed by atoms with Crippen molar-refractivity contribution in [2.45, 2.75) is 39.2 Å². The van der Waals surface area contributed by atoms with Gasteiger partial charge in [0.05, 0.1) is 10.2 Å². The van der Waals surface area contributed by atoms with Crippen LogP contribution in [0.2, 0.25) is 0 Å². The lowest BCUT2D eigenvalue weighted by atomic mass is 9.99. The molecule has 1 aromatic heterocycles. The zero-order chi connectivity index (χ0) is 20.9. The van der Waals surface area contributed by atoms with Crippen molar-refractivity contribution in [3.63, 3.8) is 0 Å². The Morgan fingerprint density at radius 2 is 1.87 bits per heavy atom. The first-order valence-electron chi connectivity index (χ1n) is 10.6. The van der Waals surface area contributed by atoms with Crippen LogP contribution in [0.4, 0.5) is 5.13 Å². The maximum atomic E-state index is 12.3. The molecule has 6 heteroatoms. The lowest BCUT2D eigenvalue weighted by molar-refractivity contribution is -0.116. The number of piperidine rings is 1. The maximum absolute atomic E-state index is 12.3. The predicted molar refractivity (Wildman–Crippen MR) is 122 cm³/mol. The molecule has 1 N–H and O–H groups in total. The molecular formula is C24H27N3O2S. The SMILES string of the molecule is CC1CCN(Cc2ccc3nc(NC(=O)CCC(=O)c4ccccc4)sc3c2)CC1. The van der Waals surface area contributed by atoms with Gasteiger partial charge in [0.2, 0.25) is 5.91 Å². The lowest BCUT2D eigenvalue weighted by Gasteiger charge is -2.30. The summed E-state index contributed by atoms with van der Waals surface area (Å²) in [5.74, 6) is 0.632. The number of aromatic nitrogens is 1. The Bertz CT molecular complexity index is 1020. The topological polar surface area (TPSA) is 62.3 Å². The third kappa shape index (κ3) is 5.32. The molecule has 1 aliphatic heterocycles. The number of carbonyl (C=O) groups excluding carboxylic acids is 2. The molecule has 1 saturated heterocycles. The molecule has 3 aromatic rings. The lowest BCUT2D eigenvalue weighted by Crippen LogP contribution is -2.32. The smallest absolute Gasteiger partial charge is 0.226 e. The molecule has 2 heterocycles. The molecule has 1 amide bonds. The first-order valence-corrected chi connectivity index (χ1v) is 11.4. The van der Waals surface area contributed by atoms with Crippen LogP contribution in [0, 0.1) is 5.92 Å². The molecule has 4 rings (SSSR count). The number of fused-ring (bicyclic) bond motifs is 1. The van der Waals surface area contributed by atoms with Gasteiger partial charge in [-0.1, -0.05) is 54.7 Å². The Morgan fingerprint density at radius 3 is 2.63 bits per heavy atom. The van der Waals surface area contributed by atoms with Gasteiger partial charge < -0.3 is 5.32 Å². The number of nitrogens with zero attached hydrogens (tertiary/aromatic N) is 2. The van der Waals surface area contributed by atoms with Gasteiger partial charge in [0.15, 0.2) is 10.9 Å². The fourth-order valence-corrected chi connectivity index (χ4v) is 4.72. The molecule has 0 radical (unpaired) electrons. The van der Waals surface area contributed by atoms with Gasteiger partial charge in [-0.15, -0.1) is 0 Å². The van der Waals surface area contributed by atoms with Crippen molar-refractivity contribution in [3.8, 4) is 0 Å². The van der Waals surface area contributed by atoms with E-state index in [1.807, 2.05) is 24.3 Å². The van der Waals surface area contributed by atoms with Gasteiger partial charge in [-0.3, -0.25) is 14.5 Å². The van der Waals surface area contributed by atoms with E-state index in [0.717, 1.165) is 35.8 Å². The molecule has 0 atom stereocenters. The van der Waals surface area contributed by atoms with Crippen LogP contribution >= 0.6 is 11.3 Å². The van der Waals surface area contributed by atoms with Crippen molar-refractivity contribution in [1.82, 2.24) is 9.88 Å². The summed E-state index contributed by atoms with van der Waals surface area (Å²) in [6.07, 6.45) is 2.89. The summed E-state index contributed by atoms with van der Waals surface area (Å²) in [5, 5.41) is 3.44. The minimum atomic E-state index is -0.180. The second kappa shape index (κ2) is 9.49. The number of hydrogen-bond donors (Lipinski definition) is 1. The maximum Gasteiger partial charge on any atom is 0.226 e. The number of ketones is 1. The largest absolute Gasteiger partial charge is 0.302 e. The molecule has 30 heavy (non-hydrogen) atoms. The molecule has 0 aliphatic carbocycles. The molecule has 2 aromatic carbocycles. The number of rotatable bonds is 7. The Morgan fingerprint density at radius 1 is 1.10 bits per heavy atom. The standard InChI is InChI=1S/C24H27N3O2S/c1-17-11-13-27(14-12-17)16-18-7-8-20-22(15-18)30-24(25-20)26-23(29)10-9-21(28)19-5-3-2-4-6-19/h2-8,15,17H,9-14,16H2,1H3,(H,25,26,29). The van der Waals surface area contributed by atoms with E-state index in [1.54, 1.807) is 12.1 Å². The summed E-state index contributed by atoms with van der Waals surface area (Å²) in [6, 6.07) is 15.4. The zero-order valence-electron chi connectivity index (χ0n) is 17.3. The predicted octanol–water partition coefficient (Wildman–Crippen LogP) is 5.13. The molecule has 5 nitrogen and oxygen atoms in total. The minimum Gasteiger partial charge on any atom is -0.302 e. The highest BCUT2D eigenvalue weighted by Crippen LogP contribution is 2.28. The van der Waals surface area contributed by atoms with Crippen LogP contribution in [0.5, 0.6) is 0 Å². The fraction of sp³-hybridized carbons (Fsp3) is 0.375. The molecular weight excluding hydrogens is 394 g/mol. The van der Waals surface area contributed by atoms with Crippen LogP contribution in [0.1, 0.15) is 48.5 Å². The molecule has 0 saturated carbocycles. The normalized spacial score (nSPS) is 15.4. The molecule has 0 spiro atoms. The Kier molecular flexibility index (Phi) is 6.55. The summed E-state index contributed by atoms with van der Waals surface area (Å²) >= 11 is 1.49. The average Bonchev–Trinajstić information content (AvgIpc) is 3.15. The van der Waals surface area contributed by atoms with E-state index in [4.69, 9.17) is 0 Å². The van der Waals surface area contributed by atoms with Crippen molar-refractivity contribution in [1.29, 1.82) is 0 Å². The zero-order valence-corrected chi connectivity index (χ0v) is 18.1. The minimum absolute atomic E-state index is 0.0215. The number of thiazole rings is 1. The number of likely N-dealkylation sites (tertiary alicyclic amines) is 1. The van der Waals surface area contributed by atoms with Crippen LogP contribution < -0.4 is 5.32 Å². The van der Waals surface area contributed by atoms with E-state index in [0.29, 0.717) is 10.7 Å². The summed E-state index contributed by atoms with van der Waals surface area (Å²) in [6.45, 7) is 5.60. The van der Waals surface area contributed by atoms with Gasteiger partial charge in [-0.05, 0) is 49.5 Å². The van der Waals surface area contributed by atoms with Crippen molar-refractivity contribution in [3.05, 3.63) is 59.7 Å². The number of carbonyl (C=O) groups is 2. The van der Waals surface area contributed by atoms with Crippen molar-refractivity contribution in [2.24, 2.45) is 5.92 Å². The highest BCUT2D eigenvalue weighted by molar-refractivity contribution is 7.22. The summed E-state index contributed by atoms with van der Waals surface area (Å²) in [5.41, 5.74) is 2.82. The molecule has 0 unspecified atom stereocenters. The van der Waals surface area contributed by atoms with Crippen LogP contribution in [0.25, 0.3) is 10.2 Å². The third-order valence-electron chi connectivity index (χ3n) is 5.66. The fourth-order valence-electron chi connectivity index (χ4n) is 3.78. The average molecular weight is 422 g/mol. The molecule has 156 valence electrons. The third-order valence-corrected chi connectivity index (χ3v) is 6.59. The second-order valence-corrected chi connectivity index (χ2v) is 9.15. The van der Waals surface area contributed by atoms with Crippen molar-refractivity contribution >= 4 is 38.4 Å². The molecule has 0 bridgehead atoms. The number of anilines is 1. The first-order chi connectivity index (χ1) is 14.6. The van der Waals surface area contributed by atoms with Crippen LogP contribution in [0.3, 0.4) is 0 Å². The van der Waals surface area contributed by atoms with E-state index in [1.165, 1.54) is 29.7 Å². The van der Waals surface area contributed by atoms with Gasteiger partial charge in [0, 0.05) is 24.9 Å². The number of nitrogens with one attached hydrogen (secondary N) is 1. The Labute approximate surface area is 181 Å². The summed E-state index contributed by atoms with van der Waals surface area (Å²) in [7, 11) is 0. The highest BCUT2D eigenvalue weighted by Gasteiger charge is 2.16. The van der Waals surface area contributed by atoms with Crippen molar-refractivity contribution in [2.75, 3.05) is 18.4 Å². The number of benzene rings is 2. The van der Waals surface area contributed by atoms with E-state index in [9.17, 15) is 9.59 Å². The van der Waals surface area contributed by atoms with Gasteiger partial charge >= 0.3 is 0 Å². The van der Waals surface area contributed by atoms with Gasteiger partial charge in [-0.25, -0.2) is 4.98 Å². The molecule has 1 fully saturated rings. The van der Waals surface area contributed by atoms with E-state index < -0.39 is 0 Å². The van der Waals surface area contributed by atoms with Crippen LogP contribution in [-0.4, -0.2) is 34.7 Å². The Balaban J connectivity index is 1.33. The first kappa shape index (κ1) is 20.7. The second-order valence-electron chi connectivity index (χ2n) is 8.12. The van der Waals surface area contributed by atoms with Crippen LogP contribution in [0.15, 0.2) is 48.5 Å². The van der Waals surface area contributed by atoms with E-state index >= 15 is 0 Å². The highest BCUT2D eigenvalue weighted by atomic mass is 32.1. The van der Waals surface area contributed by atoms with Gasteiger partial charge in [0.1, 0.15) is 0 Å². The van der Waals surface area contributed by atoms with E-state index in [2.05, 4.69) is 34.3 Å². The Hall–Kier alpha value is -2.57. The number of Topliss-reactive ketones (excluding diaryl/α,β-unsaturated/α-hetero) is 1. The summed E-state index contributed by atoms with van der Waals surface area (Å²) in [4.78, 5) is 31.5. The molecule has 1 aliphatic rings. The number of amides is 1. The quantitative estimate of drug-likeness (QED) is 0.537. The van der Waals surface area contributed by atoms with Gasteiger partial charge in [0.25, 0.3) is 0 Å². The van der Waals surface area contributed by atoms with Gasteiger partial charge in [-0.2, -0.15) is 0 Å². The van der Waals surface area contributed by atoms with Crippen LogP contribution in [-0.2, 0) is 11.3 Å². The van der Waals surface area contributed by atoms with Crippen molar-refractivity contribution < 1.29 is 9.59 Å². The number of hydrogen-bond acceptors (Lipinski definition) is 5. The van der Waals surface area contributed by atoms with E-state index in [-0.39, 0.29) is 24.5 Å².